The van der Waals surface area contributed by atoms with Crippen LogP contribution in [0.1, 0.15) is 37.9 Å². The van der Waals surface area contributed by atoms with Crippen molar-refractivity contribution < 1.29 is 14.3 Å². The molecule has 35 heavy (non-hydrogen) atoms. The largest absolute Gasteiger partial charge is 0.480 e. The summed E-state index contributed by atoms with van der Waals surface area (Å²) in [6.45, 7) is 5.42. The molecule has 0 saturated heterocycles. The summed E-state index contributed by atoms with van der Waals surface area (Å²) in [5.41, 5.74) is 1.98. The Morgan fingerprint density at radius 2 is 1.97 bits per heavy atom. The first-order valence-electron chi connectivity index (χ1n) is 10.9. The summed E-state index contributed by atoms with van der Waals surface area (Å²) in [4.78, 5) is 31.9. The maximum atomic E-state index is 13.7. The number of carbonyl (C=O) groups is 1. The summed E-state index contributed by atoms with van der Waals surface area (Å²) in [5, 5.41) is 0.553. The van der Waals surface area contributed by atoms with E-state index in [1.54, 1.807) is 57.2 Å². The smallest absolute Gasteiger partial charge is 0.338 e. The van der Waals surface area contributed by atoms with Gasteiger partial charge < -0.3 is 9.47 Å². The van der Waals surface area contributed by atoms with Gasteiger partial charge in [0.15, 0.2) is 4.80 Å². The van der Waals surface area contributed by atoms with Crippen molar-refractivity contribution in [2.75, 3.05) is 6.61 Å². The number of terminal acetylenes is 1. The molecule has 8 heteroatoms. The molecule has 0 spiro atoms. The van der Waals surface area contributed by atoms with Crippen molar-refractivity contribution in [1.29, 1.82) is 0 Å². The van der Waals surface area contributed by atoms with Crippen LogP contribution < -0.4 is 19.6 Å². The first kappa shape index (κ1) is 24.5. The van der Waals surface area contributed by atoms with Crippen LogP contribution in [0, 0.1) is 12.3 Å². The van der Waals surface area contributed by atoms with Gasteiger partial charge in [0.1, 0.15) is 12.4 Å². The Hall–Kier alpha value is -3.60. The molecule has 178 valence electrons. The lowest BCUT2D eigenvalue weighted by atomic mass is 9.96. The number of carbonyl (C=O) groups excluding carboxylic acids is 1. The molecular formula is C27H23ClN2O4S. The van der Waals surface area contributed by atoms with E-state index in [0.717, 1.165) is 5.56 Å². The van der Waals surface area contributed by atoms with E-state index in [2.05, 4.69) is 10.9 Å². The lowest BCUT2D eigenvalue weighted by Gasteiger charge is -2.25. The maximum absolute atomic E-state index is 13.7. The highest BCUT2D eigenvalue weighted by atomic mass is 35.5. The molecule has 1 aliphatic rings. The van der Waals surface area contributed by atoms with E-state index in [1.807, 2.05) is 18.2 Å². The molecule has 0 saturated carbocycles. The Bertz CT molecular complexity index is 1520. The molecule has 0 bridgehead atoms. The van der Waals surface area contributed by atoms with E-state index >= 15 is 0 Å². The van der Waals surface area contributed by atoms with Crippen LogP contribution in [0.4, 0.5) is 0 Å². The molecule has 1 atom stereocenters. The second-order valence-corrected chi connectivity index (χ2v) is 9.56. The van der Waals surface area contributed by atoms with Gasteiger partial charge in [0, 0.05) is 10.6 Å². The van der Waals surface area contributed by atoms with Crippen molar-refractivity contribution in [1.82, 2.24) is 4.57 Å². The van der Waals surface area contributed by atoms with Gasteiger partial charge in [0.25, 0.3) is 5.56 Å². The fraction of sp³-hybridized carbons (Fsp3) is 0.222. The van der Waals surface area contributed by atoms with Crippen LogP contribution in [0.2, 0.25) is 5.02 Å². The maximum Gasteiger partial charge on any atom is 0.338 e. The molecule has 0 N–H and O–H groups in total. The quantitative estimate of drug-likeness (QED) is 0.376. The van der Waals surface area contributed by atoms with Gasteiger partial charge in [-0.25, -0.2) is 9.79 Å². The first-order valence-corrected chi connectivity index (χ1v) is 12.1. The SMILES string of the molecule is C#CCOc1ccccc1C=c1sc2n(c1=O)C(c1ccc(Cl)cc1)C(C(=O)OC(C)C)=C(C)N=2. The van der Waals surface area contributed by atoms with Crippen LogP contribution in [0.25, 0.3) is 6.08 Å². The number of ether oxygens (including phenoxy) is 2. The second kappa shape index (κ2) is 10.3. The van der Waals surface area contributed by atoms with Gasteiger partial charge in [-0.3, -0.25) is 9.36 Å². The van der Waals surface area contributed by atoms with Crippen LogP contribution in [0.5, 0.6) is 5.75 Å². The number of hydrogen-bond acceptors (Lipinski definition) is 6. The highest BCUT2D eigenvalue weighted by Crippen LogP contribution is 2.31. The molecule has 1 aromatic heterocycles. The third kappa shape index (κ3) is 5.09. The summed E-state index contributed by atoms with van der Waals surface area (Å²) in [6, 6.07) is 13.7. The fourth-order valence-electron chi connectivity index (χ4n) is 3.81. The van der Waals surface area contributed by atoms with Crippen molar-refractivity contribution in [3.63, 3.8) is 0 Å². The molecule has 4 rings (SSSR count). The van der Waals surface area contributed by atoms with Gasteiger partial charge in [-0.1, -0.05) is 59.2 Å². The summed E-state index contributed by atoms with van der Waals surface area (Å²) in [6.07, 6.45) is 6.76. The standard InChI is InChI=1S/C27H23ClN2O4S/c1-5-14-33-21-9-7-6-8-19(21)15-22-25(31)30-24(18-10-12-20(28)13-11-18)23(26(32)34-16(2)3)17(4)29-27(30)35-22/h1,6-13,15-16,24H,14H2,2-4H3. The minimum Gasteiger partial charge on any atom is -0.480 e. The van der Waals surface area contributed by atoms with Crippen molar-refractivity contribution >= 4 is 35.0 Å². The number of benzene rings is 2. The van der Waals surface area contributed by atoms with Gasteiger partial charge in [0.2, 0.25) is 0 Å². The second-order valence-electron chi connectivity index (χ2n) is 8.12. The predicted octanol–water partition coefficient (Wildman–Crippen LogP) is 3.85. The van der Waals surface area contributed by atoms with Gasteiger partial charge in [-0.05, 0) is 50.6 Å². The number of para-hydroxylation sites is 1. The summed E-state index contributed by atoms with van der Waals surface area (Å²) >= 11 is 7.35. The number of thiazole rings is 1. The molecule has 2 heterocycles. The number of fused-ring (bicyclic) bond motifs is 1. The average Bonchev–Trinajstić information content (AvgIpc) is 3.12. The molecule has 3 aromatic rings. The number of allylic oxidation sites excluding steroid dienone is 1. The van der Waals surface area contributed by atoms with Gasteiger partial charge in [0.05, 0.1) is 27.9 Å². The third-order valence-electron chi connectivity index (χ3n) is 5.29. The minimum absolute atomic E-state index is 0.114. The molecule has 0 radical (unpaired) electrons. The van der Waals surface area contributed by atoms with E-state index in [9.17, 15) is 9.59 Å². The Morgan fingerprint density at radius 3 is 2.66 bits per heavy atom. The third-order valence-corrected chi connectivity index (χ3v) is 6.52. The van der Waals surface area contributed by atoms with Crippen molar-refractivity contribution in [3.05, 3.63) is 95.6 Å². The molecule has 6 nitrogen and oxygen atoms in total. The molecule has 2 aromatic carbocycles. The number of halogens is 1. The molecule has 0 aliphatic carbocycles. The summed E-state index contributed by atoms with van der Waals surface area (Å²) in [7, 11) is 0. The van der Waals surface area contributed by atoms with E-state index in [4.69, 9.17) is 27.5 Å². The lowest BCUT2D eigenvalue weighted by Crippen LogP contribution is -2.40. The molecule has 1 aliphatic heterocycles. The fourth-order valence-corrected chi connectivity index (χ4v) is 4.98. The van der Waals surface area contributed by atoms with Crippen LogP contribution >= 0.6 is 22.9 Å². The van der Waals surface area contributed by atoms with Crippen LogP contribution in [0.3, 0.4) is 0 Å². The molecule has 0 amide bonds. The van der Waals surface area contributed by atoms with E-state index in [1.165, 1.54) is 15.9 Å². The van der Waals surface area contributed by atoms with Crippen molar-refractivity contribution in [2.24, 2.45) is 4.99 Å². The topological polar surface area (TPSA) is 69.9 Å². The van der Waals surface area contributed by atoms with Gasteiger partial charge >= 0.3 is 5.97 Å². The highest BCUT2D eigenvalue weighted by molar-refractivity contribution is 7.07. The normalized spacial score (nSPS) is 15.4. The first-order chi connectivity index (χ1) is 16.8. The number of aromatic nitrogens is 1. The lowest BCUT2D eigenvalue weighted by molar-refractivity contribution is -0.143. The summed E-state index contributed by atoms with van der Waals surface area (Å²) in [5.74, 6) is 2.51. The number of nitrogens with zero attached hydrogens (tertiary/aromatic N) is 2. The predicted molar refractivity (Wildman–Crippen MR) is 137 cm³/mol. The van der Waals surface area contributed by atoms with Crippen molar-refractivity contribution in [3.8, 4) is 18.1 Å². The molecule has 0 fully saturated rings. The van der Waals surface area contributed by atoms with Gasteiger partial charge in [-0.15, -0.1) is 6.42 Å². The zero-order chi connectivity index (χ0) is 25.1. The van der Waals surface area contributed by atoms with E-state index in [-0.39, 0.29) is 18.3 Å². The average molecular weight is 507 g/mol. The molecule has 1 unspecified atom stereocenters. The van der Waals surface area contributed by atoms with E-state index < -0.39 is 12.0 Å². The minimum atomic E-state index is -0.704. The Labute approximate surface area is 211 Å². The zero-order valence-corrected chi connectivity index (χ0v) is 21.0. The Morgan fingerprint density at radius 1 is 1.26 bits per heavy atom. The Kier molecular flexibility index (Phi) is 7.25. The molecular weight excluding hydrogens is 484 g/mol. The van der Waals surface area contributed by atoms with Gasteiger partial charge in [-0.2, -0.15) is 0 Å². The zero-order valence-electron chi connectivity index (χ0n) is 19.4. The Balaban J connectivity index is 1.92. The highest BCUT2D eigenvalue weighted by Gasteiger charge is 2.33. The number of hydrogen-bond donors (Lipinski definition) is 0. The summed E-state index contributed by atoms with van der Waals surface area (Å²) < 4.78 is 13.1. The van der Waals surface area contributed by atoms with Crippen LogP contribution in [0.15, 0.2) is 69.6 Å². The monoisotopic (exact) mass is 506 g/mol. The number of rotatable bonds is 6. The van der Waals surface area contributed by atoms with E-state index in [0.29, 0.717) is 36.9 Å². The van der Waals surface area contributed by atoms with Crippen molar-refractivity contribution in [2.45, 2.75) is 32.9 Å². The number of esters is 1. The van der Waals surface area contributed by atoms with Crippen LogP contribution in [-0.4, -0.2) is 23.2 Å². The van der Waals surface area contributed by atoms with Crippen LogP contribution in [-0.2, 0) is 9.53 Å².